The summed E-state index contributed by atoms with van der Waals surface area (Å²) in [5.41, 5.74) is 0.424. The number of oxazole rings is 1. The highest BCUT2D eigenvalue weighted by atomic mass is 19.1. The molecule has 2 aromatic rings. The lowest BCUT2D eigenvalue weighted by molar-refractivity contribution is -0.0136. The van der Waals surface area contributed by atoms with Gasteiger partial charge in [-0.2, -0.15) is 0 Å². The van der Waals surface area contributed by atoms with Gasteiger partial charge >= 0.3 is 0 Å². The van der Waals surface area contributed by atoms with Crippen molar-refractivity contribution in [3.8, 4) is 5.75 Å². The molecule has 8 heteroatoms. The van der Waals surface area contributed by atoms with Crippen molar-refractivity contribution in [2.45, 2.75) is 37.7 Å². The molecule has 0 radical (unpaired) electrons. The zero-order chi connectivity index (χ0) is 17.3. The van der Waals surface area contributed by atoms with Gasteiger partial charge in [0, 0.05) is 12.5 Å². The van der Waals surface area contributed by atoms with Crippen LogP contribution >= 0.6 is 0 Å². The standard InChI is InChI=1S/C16H17FN2O5/c1-8-15(23-7-18-8)16(22)19-11-6-12(14(21)13(11)20)24-10-4-2-3-9(17)5-10/h2-5,7,11-14,20-21H,6H2,1H3,(H,19,22)/t11-,12-,13+,14+/m1/s1. The second kappa shape index (κ2) is 6.58. The van der Waals surface area contributed by atoms with E-state index in [1.165, 1.54) is 18.2 Å². The Bertz CT molecular complexity index is 735. The number of aromatic nitrogens is 1. The molecule has 0 saturated heterocycles. The minimum Gasteiger partial charge on any atom is -0.487 e. The molecule has 1 heterocycles. The molecule has 1 aromatic carbocycles. The van der Waals surface area contributed by atoms with Gasteiger partial charge < -0.3 is 24.7 Å². The van der Waals surface area contributed by atoms with Gasteiger partial charge in [-0.15, -0.1) is 0 Å². The number of rotatable bonds is 4. The molecule has 4 atom stereocenters. The van der Waals surface area contributed by atoms with E-state index in [2.05, 4.69) is 10.3 Å². The number of amides is 1. The SMILES string of the molecule is Cc1ncoc1C(=O)N[C@@H]1C[C@@H](Oc2cccc(F)c2)[C@H](O)[C@H]1O. The molecule has 1 amide bonds. The monoisotopic (exact) mass is 336 g/mol. The van der Waals surface area contributed by atoms with Crippen molar-refractivity contribution < 1.29 is 28.6 Å². The Morgan fingerprint density at radius 2 is 2.21 bits per heavy atom. The summed E-state index contributed by atoms with van der Waals surface area (Å²) in [5.74, 6) is -0.714. The maximum Gasteiger partial charge on any atom is 0.289 e. The minimum absolute atomic E-state index is 0.0474. The van der Waals surface area contributed by atoms with Crippen molar-refractivity contribution in [3.05, 3.63) is 47.9 Å². The molecule has 24 heavy (non-hydrogen) atoms. The maximum absolute atomic E-state index is 13.2. The summed E-state index contributed by atoms with van der Waals surface area (Å²) >= 11 is 0. The average molecular weight is 336 g/mol. The summed E-state index contributed by atoms with van der Waals surface area (Å²) in [6, 6.07) is 4.76. The quantitative estimate of drug-likeness (QED) is 0.763. The van der Waals surface area contributed by atoms with E-state index in [0.29, 0.717) is 5.69 Å². The smallest absolute Gasteiger partial charge is 0.289 e. The molecule has 1 saturated carbocycles. The molecule has 1 fully saturated rings. The van der Waals surface area contributed by atoms with Crippen LogP contribution in [0.15, 0.2) is 35.1 Å². The van der Waals surface area contributed by atoms with Crippen molar-refractivity contribution >= 4 is 5.91 Å². The molecular weight excluding hydrogens is 319 g/mol. The third kappa shape index (κ3) is 3.24. The van der Waals surface area contributed by atoms with Crippen molar-refractivity contribution in [3.63, 3.8) is 0 Å². The number of aliphatic hydroxyl groups excluding tert-OH is 2. The van der Waals surface area contributed by atoms with Crippen LogP contribution in [0.2, 0.25) is 0 Å². The lowest BCUT2D eigenvalue weighted by atomic mass is 10.2. The summed E-state index contributed by atoms with van der Waals surface area (Å²) in [4.78, 5) is 15.9. The number of carbonyl (C=O) groups is 1. The Balaban J connectivity index is 1.66. The van der Waals surface area contributed by atoms with Crippen molar-refractivity contribution in [1.29, 1.82) is 0 Å². The molecule has 3 rings (SSSR count). The summed E-state index contributed by atoms with van der Waals surface area (Å²) in [5, 5.41) is 22.8. The Hall–Kier alpha value is -2.45. The van der Waals surface area contributed by atoms with Crippen LogP contribution in [0.25, 0.3) is 0 Å². The lowest BCUT2D eigenvalue weighted by Gasteiger charge is -2.18. The summed E-state index contributed by atoms with van der Waals surface area (Å²) in [7, 11) is 0. The van der Waals surface area contributed by atoms with E-state index >= 15 is 0 Å². The number of benzene rings is 1. The number of halogens is 1. The van der Waals surface area contributed by atoms with E-state index in [4.69, 9.17) is 9.15 Å². The zero-order valence-corrected chi connectivity index (χ0v) is 12.8. The van der Waals surface area contributed by atoms with E-state index in [1.54, 1.807) is 13.0 Å². The Labute approximate surface area is 137 Å². The third-order valence-corrected chi connectivity index (χ3v) is 3.98. The summed E-state index contributed by atoms with van der Waals surface area (Å²) in [6.45, 7) is 1.62. The molecule has 0 aliphatic heterocycles. The fourth-order valence-corrected chi connectivity index (χ4v) is 2.72. The van der Waals surface area contributed by atoms with Gasteiger partial charge in [0.15, 0.2) is 6.39 Å². The van der Waals surface area contributed by atoms with Crippen molar-refractivity contribution in [1.82, 2.24) is 10.3 Å². The highest BCUT2D eigenvalue weighted by molar-refractivity contribution is 5.92. The van der Waals surface area contributed by atoms with Crippen molar-refractivity contribution in [2.75, 3.05) is 0 Å². The fourth-order valence-electron chi connectivity index (χ4n) is 2.72. The summed E-state index contributed by atoms with van der Waals surface area (Å²) < 4.78 is 23.7. The largest absolute Gasteiger partial charge is 0.487 e. The predicted molar refractivity (Wildman–Crippen MR) is 79.9 cm³/mol. The topological polar surface area (TPSA) is 105 Å². The third-order valence-electron chi connectivity index (χ3n) is 3.98. The molecule has 3 N–H and O–H groups in total. The Kier molecular flexibility index (Phi) is 4.50. The first kappa shape index (κ1) is 16.4. The van der Waals surface area contributed by atoms with Gasteiger partial charge in [-0.1, -0.05) is 6.07 Å². The second-order valence-electron chi connectivity index (χ2n) is 5.68. The van der Waals surface area contributed by atoms with E-state index in [9.17, 15) is 19.4 Å². The number of aryl methyl sites for hydroxylation is 1. The number of carbonyl (C=O) groups excluding carboxylic acids is 1. The number of ether oxygens (including phenoxy) is 1. The van der Waals surface area contributed by atoms with Crippen LogP contribution in [-0.4, -0.2) is 45.5 Å². The predicted octanol–water partition coefficient (Wildman–Crippen LogP) is 0.794. The van der Waals surface area contributed by atoms with Crippen LogP contribution in [-0.2, 0) is 0 Å². The van der Waals surface area contributed by atoms with Crippen LogP contribution in [0.4, 0.5) is 4.39 Å². The summed E-state index contributed by atoms with van der Waals surface area (Å²) in [6.07, 6.45) is -1.88. The van der Waals surface area contributed by atoms with Crippen LogP contribution in [0, 0.1) is 12.7 Å². The number of aliphatic hydroxyl groups is 2. The van der Waals surface area contributed by atoms with E-state index in [-0.39, 0.29) is 17.9 Å². The normalized spacial score (nSPS) is 26.3. The second-order valence-corrected chi connectivity index (χ2v) is 5.68. The van der Waals surface area contributed by atoms with Crippen LogP contribution in [0.1, 0.15) is 22.7 Å². The van der Waals surface area contributed by atoms with E-state index in [0.717, 1.165) is 6.39 Å². The first-order valence-corrected chi connectivity index (χ1v) is 7.45. The minimum atomic E-state index is -1.21. The first-order valence-electron chi connectivity index (χ1n) is 7.45. The first-order chi connectivity index (χ1) is 11.5. The van der Waals surface area contributed by atoms with Gasteiger partial charge in [0.25, 0.3) is 5.91 Å². The Morgan fingerprint density at radius 3 is 2.88 bits per heavy atom. The molecular formula is C16H17FN2O5. The molecule has 1 aromatic heterocycles. The molecule has 0 spiro atoms. The lowest BCUT2D eigenvalue weighted by Crippen LogP contribution is -2.43. The number of hydrogen-bond donors (Lipinski definition) is 3. The van der Waals surface area contributed by atoms with Crippen LogP contribution in [0.5, 0.6) is 5.75 Å². The van der Waals surface area contributed by atoms with Crippen molar-refractivity contribution in [2.24, 2.45) is 0 Å². The molecule has 1 aliphatic rings. The van der Waals surface area contributed by atoms with Gasteiger partial charge in [0.2, 0.25) is 5.76 Å². The molecule has 0 unspecified atom stereocenters. The zero-order valence-electron chi connectivity index (χ0n) is 12.8. The fraction of sp³-hybridized carbons (Fsp3) is 0.375. The van der Waals surface area contributed by atoms with Gasteiger partial charge in [0.05, 0.1) is 11.7 Å². The number of nitrogens with one attached hydrogen (secondary N) is 1. The highest BCUT2D eigenvalue weighted by Gasteiger charge is 2.44. The molecule has 0 bridgehead atoms. The molecule has 1 aliphatic carbocycles. The van der Waals surface area contributed by atoms with E-state index in [1.807, 2.05) is 0 Å². The van der Waals surface area contributed by atoms with Gasteiger partial charge in [-0.05, 0) is 19.1 Å². The van der Waals surface area contributed by atoms with Gasteiger partial charge in [0.1, 0.15) is 29.9 Å². The maximum atomic E-state index is 13.2. The number of hydrogen-bond acceptors (Lipinski definition) is 6. The van der Waals surface area contributed by atoms with Crippen LogP contribution in [0.3, 0.4) is 0 Å². The number of nitrogens with zero attached hydrogens (tertiary/aromatic N) is 1. The molecule has 7 nitrogen and oxygen atoms in total. The van der Waals surface area contributed by atoms with Gasteiger partial charge in [-0.25, -0.2) is 9.37 Å². The van der Waals surface area contributed by atoms with Crippen LogP contribution < -0.4 is 10.1 Å². The van der Waals surface area contributed by atoms with Gasteiger partial charge in [-0.3, -0.25) is 4.79 Å². The average Bonchev–Trinajstić information content (AvgIpc) is 3.07. The molecule has 128 valence electrons. The van der Waals surface area contributed by atoms with E-state index < -0.39 is 36.1 Å². The Morgan fingerprint density at radius 1 is 1.42 bits per heavy atom. The highest BCUT2D eigenvalue weighted by Crippen LogP contribution is 2.26.